The summed E-state index contributed by atoms with van der Waals surface area (Å²) in [6.45, 7) is 0. The summed E-state index contributed by atoms with van der Waals surface area (Å²) in [7, 11) is 1.34. The van der Waals surface area contributed by atoms with Crippen LogP contribution in [-0.2, 0) is 9.53 Å². The predicted molar refractivity (Wildman–Crippen MR) is 46.4 cm³/mol. The summed E-state index contributed by atoms with van der Waals surface area (Å²) in [5, 5.41) is 0. The first kappa shape index (κ1) is 8.74. The summed E-state index contributed by atoms with van der Waals surface area (Å²) in [5.41, 5.74) is 6.13. The van der Waals surface area contributed by atoms with E-state index < -0.39 is 0 Å². The molecule has 64 valence electrons. The number of esters is 1. The Kier molecular flexibility index (Phi) is 2.82. The molecule has 0 aromatic carbocycles. The molecule has 1 atom stereocenters. The lowest BCUT2D eigenvalue weighted by Crippen LogP contribution is -2.25. The molecule has 0 aromatic heterocycles. The van der Waals surface area contributed by atoms with Crippen LogP contribution in [0.5, 0.6) is 0 Å². The Morgan fingerprint density at radius 1 is 1.50 bits per heavy atom. The van der Waals surface area contributed by atoms with Gasteiger partial charge in [-0.05, 0) is 6.08 Å². The maximum Gasteiger partial charge on any atom is 0.335 e. The van der Waals surface area contributed by atoms with Crippen molar-refractivity contribution < 1.29 is 9.53 Å². The van der Waals surface area contributed by atoms with Gasteiger partial charge in [-0.1, -0.05) is 24.3 Å². The fourth-order valence-electron chi connectivity index (χ4n) is 0.944. The summed E-state index contributed by atoms with van der Waals surface area (Å²) in [6, 6.07) is -0.368. The van der Waals surface area contributed by atoms with Crippen molar-refractivity contribution in [1.82, 2.24) is 0 Å². The zero-order valence-corrected chi connectivity index (χ0v) is 6.86. The van der Waals surface area contributed by atoms with E-state index >= 15 is 0 Å². The molecular weight excluding hydrogens is 154 g/mol. The van der Waals surface area contributed by atoms with Crippen LogP contribution in [0.1, 0.15) is 0 Å². The number of methoxy groups -OCH3 is 1. The number of carbonyl (C=O) groups is 1. The first-order valence-electron chi connectivity index (χ1n) is 3.64. The first-order valence-corrected chi connectivity index (χ1v) is 3.64. The first-order chi connectivity index (χ1) is 5.75. The van der Waals surface area contributed by atoms with E-state index in [1.807, 2.05) is 6.08 Å². The van der Waals surface area contributed by atoms with Crippen molar-refractivity contribution >= 4 is 5.97 Å². The van der Waals surface area contributed by atoms with E-state index in [2.05, 4.69) is 4.74 Å². The summed E-state index contributed by atoms with van der Waals surface area (Å²) in [4.78, 5) is 11.1. The van der Waals surface area contributed by atoms with Crippen LogP contribution in [-0.4, -0.2) is 19.1 Å². The second kappa shape index (κ2) is 3.88. The minimum atomic E-state index is -0.376. The monoisotopic (exact) mass is 165 g/mol. The van der Waals surface area contributed by atoms with Crippen LogP contribution in [0, 0.1) is 0 Å². The number of allylic oxidation sites excluding steroid dienone is 4. The maximum absolute atomic E-state index is 11.1. The number of rotatable bonds is 1. The van der Waals surface area contributed by atoms with E-state index in [0.717, 1.165) is 0 Å². The molecule has 1 aliphatic rings. The fraction of sp³-hybridized carbons (Fsp3) is 0.222. The number of ether oxygens (including phenoxy) is 1. The normalized spacial score (nSPS) is 21.5. The SMILES string of the molecule is COC(=O)C1=CC=CC=CC1N. The molecule has 0 aromatic rings. The highest BCUT2D eigenvalue weighted by Crippen LogP contribution is 2.07. The molecule has 0 radical (unpaired) electrons. The van der Waals surface area contributed by atoms with Crippen molar-refractivity contribution in [2.45, 2.75) is 6.04 Å². The average Bonchev–Trinajstić information content (AvgIpc) is 2.28. The minimum absolute atomic E-state index is 0.368. The van der Waals surface area contributed by atoms with Gasteiger partial charge in [-0.25, -0.2) is 4.79 Å². The van der Waals surface area contributed by atoms with Gasteiger partial charge in [0.1, 0.15) is 0 Å². The number of hydrogen-bond acceptors (Lipinski definition) is 3. The largest absolute Gasteiger partial charge is 0.466 e. The topological polar surface area (TPSA) is 52.3 Å². The van der Waals surface area contributed by atoms with Crippen LogP contribution in [0.2, 0.25) is 0 Å². The smallest absolute Gasteiger partial charge is 0.335 e. The Balaban J connectivity index is 2.87. The average molecular weight is 165 g/mol. The lowest BCUT2D eigenvalue weighted by atomic mass is 10.1. The van der Waals surface area contributed by atoms with Crippen molar-refractivity contribution in [3.05, 3.63) is 36.0 Å². The van der Waals surface area contributed by atoms with E-state index in [0.29, 0.717) is 5.57 Å². The quantitative estimate of drug-likeness (QED) is 0.577. The van der Waals surface area contributed by atoms with Crippen LogP contribution in [0.4, 0.5) is 0 Å². The van der Waals surface area contributed by atoms with Gasteiger partial charge in [0, 0.05) is 0 Å². The molecular formula is C9H11NO2. The highest BCUT2D eigenvalue weighted by Gasteiger charge is 2.15. The van der Waals surface area contributed by atoms with Crippen LogP contribution in [0.3, 0.4) is 0 Å². The molecule has 1 unspecified atom stereocenters. The summed E-state index contributed by atoms with van der Waals surface area (Å²) < 4.78 is 4.56. The van der Waals surface area contributed by atoms with Gasteiger partial charge < -0.3 is 10.5 Å². The molecule has 0 spiro atoms. The Bertz CT molecular complexity index is 264. The molecule has 3 nitrogen and oxygen atoms in total. The van der Waals surface area contributed by atoms with Gasteiger partial charge in [-0.15, -0.1) is 0 Å². The Labute approximate surface area is 71.2 Å². The standard InChI is InChI=1S/C9H11NO2/c1-12-9(11)7-5-3-2-4-6-8(7)10/h2-6,8H,10H2,1H3. The number of carbonyl (C=O) groups excluding carboxylic acids is 1. The van der Waals surface area contributed by atoms with E-state index in [4.69, 9.17) is 5.73 Å². The molecule has 0 fully saturated rings. The molecule has 12 heavy (non-hydrogen) atoms. The van der Waals surface area contributed by atoms with Gasteiger partial charge >= 0.3 is 5.97 Å². The van der Waals surface area contributed by atoms with E-state index in [-0.39, 0.29) is 12.0 Å². The lowest BCUT2D eigenvalue weighted by molar-refractivity contribution is -0.136. The van der Waals surface area contributed by atoms with E-state index in [9.17, 15) is 4.79 Å². The van der Waals surface area contributed by atoms with Crippen molar-refractivity contribution in [3.8, 4) is 0 Å². The van der Waals surface area contributed by atoms with E-state index in [1.165, 1.54) is 7.11 Å². The van der Waals surface area contributed by atoms with Gasteiger partial charge in [0.25, 0.3) is 0 Å². The van der Waals surface area contributed by atoms with Crippen molar-refractivity contribution in [3.63, 3.8) is 0 Å². The highest BCUT2D eigenvalue weighted by molar-refractivity contribution is 5.90. The maximum atomic E-state index is 11.1. The van der Waals surface area contributed by atoms with Crippen LogP contribution in [0.25, 0.3) is 0 Å². The molecule has 0 amide bonds. The Hall–Kier alpha value is -1.35. The summed E-state index contributed by atoms with van der Waals surface area (Å²) in [5.74, 6) is -0.376. The second-order valence-corrected chi connectivity index (χ2v) is 2.41. The summed E-state index contributed by atoms with van der Waals surface area (Å²) in [6.07, 6.45) is 8.78. The summed E-state index contributed by atoms with van der Waals surface area (Å²) >= 11 is 0. The van der Waals surface area contributed by atoms with Crippen LogP contribution < -0.4 is 5.73 Å². The molecule has 0 heterocycles. The Morgan fingerprint density at radius 3 is 2.92 bits per heavy atom. The molecule has 0 saturated carbocycles. The predicted octanol–water partition coefficient (Wildman–Crippen LogP) is 0.539. The molecule has 1 rings (SSSR count). The van der Waals surface area contributed by atoms with Gasteiger partial charge in [0.15, 0.2) is 0 Å². The van der Waals surface area contributed by atoms with Gasteiger partial charge in [0.05, 0.1) is 18.7 Å². The molecule has 0 saturated heterocycles. The van der Waals surface area contributed by atoms with E-state index in [1.54, 1.807) is 24.3 Å². The van der Waals surface area contributed by atoms with Crippen molar-refractivity contribution in [1.29, 1.82) is 0 Å². The molecule has 2 N–H and O–H groups in total. The third-order valence-electron chi connectivity index (χ3n) is 1.60. The molecule has 0 aliphatic heterocycles. The zero-order valence-electron chi connectivity index (χ0n) is 6.86. The third-order valence-corrected chi connectivity index (χ3v) is 1.60. The van der Waals surface area contributed by atoms with Crippen LogP contribution in [0.15, 0.2) is 36.0 Å². The molecule has 3 heteroatoms. The zero-order chi connectivity index (χ0) is 8.97. The minimum Gasteiger partial charge on any atom is -0.466 e. The van der Waals surface area contributed by atoms with Crippen LogP contribution >= 0.6 is 0 Å². The van der Waals surface area contributed by atoms with Gasteiger partial charge in [0.2, 0.25) is 0 Å². The lowest BCUT2D eigenvalue weighted by Gasteiger charge is -2.07. The molecule has 1 aliphatic carbocycles. The third kappa shape index (κ3) is 1.83. The van der Waals surface area contributed by atoms with Gasteiger partial charge in [-0.3, -0.25) is 0 Å². The van der Waals surface area contributed by atoms with Gasteiger partial charge in [-0.2, -0.15) is 0 Å². The second-order valence-electron chi connectivity index (χ2n) is 2.41. The number of nitrogens with two attached hydrogens (primary N) is 1. The van der Waals surface area contributed by atoms with Crippen molar-refractivity contribution in [2.24, 2.45) is 5.73 Å². The Morgan fingerprint density at radius 2 is 2.25 bits per heavy atom. The fourth-order valence-corrected chi connectivity index (χ4v) is 0.944. The highest BCUT2D eigenvalue weighted by atomic mass is 16.5. The molecule has 0 bridgehead atoms. The van der Waals surface area contributed by atoms with Crippen molar-refractivity contribution in [2.75, 3.05) is 7.11 Å². The number of hydrogen-bond donors (Lipinski definition) is 1.